The van der Waals surface area contributed by atoms with Crippen LogP contribution in [0.15, 0.2) is 0 Å². The molecule has 0 rings (SSSR count). The van der Waals surface area contributed by atoms with Gasteiger partial charge in [-0.2, -0.15) is 12.6 Å². The number of primary amides is 3. The molecular weight excluding hydrogens is 941 g/mol. The molecule has 0 unspecified atom stereocenters. The number of hydrogen-bond acceptors (Lipinski definition) is 16. The highest BCUT2D eigenvalue weighted by Gasteiger charge is 2.35. The SMILES string of the molecule is CC(C)C[C@H](NC(=O)[C@H](CS)NC(=O)[C@H](C)NC(=O)[C@H](CCC(N)=O)NC(=O)[C@H](CCC(N)=O)NC(=O)[C@H](C)NC(=O)[C@@H](N)CCC(=O)O)C(=O)N[C@@H](CC(=O)O)C(=O)N[C@@H](CCC(N)=O)C(=O)O. The number of nitrogens with one attached hydrogen (secondary N) is 8. The molecule has 0 aromatic heterocycles. The van der Waals surface area contributed by atoms with E-state index in [9.17, 15) is 77.3 Å². The molecular formula is C39H64N12O17S. The fourth-order valence-electron chi connectivity index (χ4n) is 5.79. The molecule has 388 valence electrons. The monoisotopic (exact) mass is 1000 g/mol. The first-order valence-corrected chi connectivity index (χ1v) is 21.9. The average molecular weight is 1010 g/mol. The maximum Gasteiger partial charge on any atom is 0.326 e. The zero-order valence-electron chi connectivity index (χ0n) is 38.4. The predicted molar refractivity (Wildman–Crippen MR) is 240 cm³/mol. The van der Waals surface area contributed by atoms with E-state index in [1.54, 1.807) is 13.8 Å². The Morgan fingerprint density at radius 3 is 1.19 bits per heavy atom. The van der Waals surface area contributed by atoms with Crippen LogP contribution in [0.2, 0.25) is 0 Å². The third-order valence-electron chi connectivity index (χ3n) is 9.60. The number of hydrogen-bond donors (Lipinski definition) is 16. The summed E-state index contributed by atoms with van der Waals surface area (Å²) in [5.74, 6) is -16.2. The molecule has 0 bridgehead atoms. The van der Waals surface area contributed by atoms with Crippen molar-refractivity contribution in [3.8, 4) is 0 Å². The van der Waals surface area contributed by atoms with Gasteiger partial charge in [-0.25, -0.2) is 4.79 Å². The summed E-state index contributed by atoms with van der Waals surface area (Å²) in [4.78, 5) is 174. The highest BCUT2D eigenvalue weighted by molar-refractivity contribution is 7.80. The van der Waals surface area contributed by atoms with E-state index >= 15 is 0 Å². The van der Waals surface area contributed by atoms with E-state index in [2.05, 4.69) is 49.8 Å². The second-order valence-electron chi connectivity index (χ2n) is 16.1. The molecule has 9 atom stereocenters. The normalized spacial score (nSPS) is 14.8. The van der Waals surface area contributed by atoms with Crippen molar-refractivity contribution in [1.82, 2.24) is 42.5 Å². The average Bonchev–Trinajstić information content (AvgIpc) is 3.24. The molecule has 0 radical (unpaired) electrons. The van der Waals surface area contributed by atoms with Gasteiger partial charge in [-0.1, -0.05) is 13.8 Å². The Hall–Kier alpha value is -7.11. The Labute approximate surface area is 400 Å². The third kappa shape index (κ3) is 25.6. The van der Waals surface area contributed by atoms with Crippen LogP contribution in [0.1, 0.15) is 91.9 Å². The fraction of sp³-hybridized carbons (Fsp3) is 0.641. The summed E-state index contributed by atoms with van der Waals surface area (Å²) in [6.45, 7) is 5.68. The summed E-state index contributed by atoms with van der Waals surface area (Å²) in [6, 6.07) is -13.9. The summed E-state index contributed by atoms with van der Waals surface area (Å²) in [6.07, 6.45) is -4.57. The summed E-state index contributed by atoms with van der Waals surface area (Å²) in [7, 11) is 0. The number of aliphatic carboxylic acids is 3. The van der Waals surface area contributed by atoms with Crippen LogP contribution in [-0.2, 0) is 67.1 Å². The second-order valence-corrected chi connectivity index (χ2v) is 16.5. The third-order valence-corrected chi connectivity index (χ3v) is 9.96. The van der Waals surface area contributed by atoms with Crippen LogP contribution in [-0.4, -0.2) is 158 Å². The van der Waals surface area contributed by atoms with Gasteiger partial charge in [-0.3, -0.25) is 62.3 Å². The molecule has 69 heavy (non-hydrogen) atoms. The molecule has 0 spiro atoms. The molecule has 0 aliphatic heterocycles. The molecule has 11 amide bonds. The minimum absolute atomic E-state index is 0.110. The lowest BCUT2D eigenvalue weighted by Gasteiger charge is -2.27. The van der Waals surface area contributed by atoms with Crippen LogP contribution in [0.3, 0.4) is 0 Å². The number of nitrogens with two attached hydrogens (primary N) is 4. The minimum Gasteiger partial charge on any atom is -0.481 e. The van der Waals surface area contributed by atoms with Crippen molar-refractivity contribution >= 4 is 95.5 Å². The highest BCUT2D eigenvalue weighted by atomic mass is 32.1. The van der Waals surface area contributed by atoms with Crippen molar-refractivity contribution in [3.63, 3.8) is 0 Å². The zero-order valence-corrected chi connectivity index (χ0v) is 39.3. The summed E-state index contributed by atoms with van der Waals surface area (Å²) < 4.78 is 0. The smallest absolute Gasteiger partial charge is 0.326 e. The molecule has 29 nitrogen and oxygen atoms in total. The van der Waals surface area contributed by atoms with E-state index in [0.717, 1.165) is 6.92 Å². The van der Waals surface area contributed by atoms with Gasteiger partial charge in [0, 0.05) is 31.4 Å². The molecule has 0 aliphatic carbocycles. The minimum atomic E-state index is -1.87. The first-order chi connectivity index (χ1) is 32.0. The van der Waals surface area contributed by atoms with Crippen LogP contribution in [0.4, 0.5) is 0 Å². The van der Waals surface area contributed by atoms with Crippen LogP contribution in [0, 0.1) is 5.92 Å². The Kier molecular flexibility index (Phi) is 27.8. The lowest BCUT2D eigenvalue weighted by atomic mass is 10.0. The molecule has 0 aromatic carbocycles. The molecule has 0 heterocycles. The molecule has 0 aliphatic rings. The van der Waals surface area contributed by atoms with Gasteiger partial charge in [0.2, 0.25) is 65.0 Å². The molecule has 19 N–H and O–H groups in total. The number of rotatable bonds is 34. The molecule has 0 saturated carbocycles. The maximum absolute atomic E-state index is 13.5. The Bertz CT molecular complexity index is 1920. The lowest BCUT2D eigenvalue weighted by Crippen LogP contribution is -2.60. The van der Waals surface area contributed by atoms with Gasteiger partial charge in [-0.05, 0) is 51.9 Å². The van der Waals surface area contributed by atoms with Crippen LogP contribution >= 0.6 is 12.6 Å². The Morgan fingerprint density at radius 1 is 0.420 bits per heavy atom. The number of thiol groups is 1. The summed E-state index contributed by atoms with van der Waals surface area (Å²) in [5, 5.41) is 45.8. The standard InChI is InChI=1S/C39H64N12O17S/c1-16(2)13-23(36(64)50-24(14-30(57)58)37(65)48-22(39(67)68)8-11-28(43)54)49-38(66)25(15-69)51-32(60)18(4)45-34(62)20(6-9-26(41)52)47-35(63)21(7-10-27(42)53)46-31(59)17(3)44-33(61)19(40)5-12-29(55)56/h16-25,69H,5-15,40H2,1-4H3,(H2,41,52)(H2,42,53)(H2,43,54)(H,44,61)(H,45,62)(H,46,59)(H,47,63)(H,48,65)(H,49,66)(H,50,64)(H,51,60)(H,55,56)(H,57,58)(H,67,68)/t17-,18-,19-,20-,21-,22-,23-,24-,25-/m0/s1. The van der Waals surface area contributed by atoms with Gasteiger partial charge in [0.25, 0.3) is 0 Å². The topological polar surface area (TPSA) is 500 Å². The van der Waals surface area contributed by atoms with Crippen molar-refractivity contribution < 1.29 is 82.4 Å². The van der Waals surface area contributed by atoms with E-state index in [4.69, 9.17) is 28.0 Å². The van der Waals surface area contributed by atoms with Crippen LogP contribution < -0.4 is 65.5 Å². The van der Waals surface area contributed by atoms with E-state index in [-0.39, 0.29) is 18.8 Å². The highest BCUT2D eigenvalue weighted by Crippen LogP contribution is 2.09. The number of amides is 11. The van der Waals surface area contributed by atoms with Crippen molar-refractivity contribution in [2.75, 3.05) is 5.75 Å². The first kappa shape index (κ1) is 61.9. The van der Waals surface area contributed by atoms with E-state index < -0.39 is 194 Å². The van der Waals surface area contributed by atoms with Crippen molar-refractivity contribution in [1.29, 1.82) is 0 Å². The Morgan fingerprint density at radius 2 is 0.768 bits per heavy atom. The van der Waals surface area contributed by atoms with Gasteiger partial charge in [0.15, 0.2) is 0 Å². The molecule has 0 saturated heterocycles. The fourth-order valence-corrected chi connectivity index (χ4v) is 6.05. The van der Waals surface area contributed by atoms with E-state index in [1.807, 2.05) is 5.32 Å². The Balaban J connectivity index is 6.14. The first-order valence-electron chi connectivity index (χ1n) is 21.3. The van der Waals surface area contributed by atoms with Crippen molar-refractivity contribution in [3.05, 3.63) is 0 Å². The van der Waals surface area contributed by atoms with E-state index in [0.29, 0.717) is 0 Å². The number of carbonyl (C=O) groups excluding carboxylic acids is 11. The number of carboxylic acid groups (broad SMARTS) is 3. The van der Waals surface area contributed by atoms with Crippen molar-refractivity contribution in [2.45, 2.75) is 146 Å². The molecule has 0 fully saturated rings. The number of carboxylic acids is 3. The zero-order chi connectivity index (χ0) is 53.3. The number of carbonyl (C=O) groups is 14. The summed E-state index contributed by atoms with van der Waals surface area (Å²) in [5.41, 5.74) is 21.2. The van der Waals surface area contributed by atoms with Gasteiger partial charge in [0.1, 0.15) is 48.3 Å². The summed E-state index contributed by atoms with van der Waals surface area (Å²) >= 11 is 4.10. The van der Waals surface area contributed by atoms with Gasteiger partial charge >= 0.3 is 17.9 Å². The van der Waals surface area contributed by atoms with Gasteiger partial charge in [-0.15, -0.1) is 0 Å². The van der Waals surface area contributed by atoms with Gasteiger partial charge in [0.05, 0.1) is 12.5 Å². The second kappa shape index (κ2) is 31.0. The van der Waals surface area contributed by atoms with Crippen LogP contribution in [0.5, 0.6) is 0 Å². The largest absolute Gasteiger partial charge is 0.481 e. The maximum atomic E-state index is 13.5. The predicted octanol–water partition coefficient (Wildman–Crippen LogP) is -6.57. The van der Waals surface area contributed by atoms with Gasteiger partial charge < -0.3 is 80.8 Å². The molecule has 30 heteroatoms. The van der Waals surface area contributed by atoms with Crippen molar-refractivity contribution in [2.24, 2.45) is 28.9 Å². The quantitative estimate of drug-likeness (QED) is 0.0267. The van der Waals surface area contributed by atoms with Crippen LogP contribution in [0.25, 0.3) is 0 Å². The lowest BCUT2D eigenvalue weighted by molar-refractivity contribution is -0.144. The molecule has 0 aromatic rings. The van der Waals surface area contributed by atoms with E-state index in [1.165, 1.54) is 6.92 Å².